The number of tetrazole rings is 1. The first-order valence-corrected chi connectivity index (χ1v) is 10.7. The molecule has 0 spiro atoms. The summed E-state index contributed by atoms with van der Waals surface area (Å²) in [6.07, 6.45) is -0.263. The summed E-state index contributed by atoms with van der Waals surface area (Å²) in [5, 5.41) is 15.0. The molecule has 1 N–H and O–H groups in total. The highest BCUT2D eigenvalue weighted by Crippen LogP contribution is 2.39. The third kappa shape index (κ3) is 4.52. The van der Waals surface area contributed by atoms with Crippen molar-refractivity contribution in [3.05, 3.63) is 70.4 Å². The fourth-order valence-electron chi connectivity index (χ4n) is 3.76. The monoisotopic (exact) mass is 449 g/mol. The van der Waals surface area contributed by atoms with Gasteiger partial charge in [-0.2, -0.15) is 4.68 Å². The highest BCUT2D eigenvalue weighted by atomic mass is 16.5. The zero-order valence-corrected chi connectivity index (χ0v) is 19.3. The molecule has 1 aromatic heterocycles. The van der Waals surface area contributed by atoms with Gasteiger partial charge in [0.25, 0.3) is 0 Å². The highest BCUT2D eigenvalue weighted by Gasteiger charge is 2.35. The van der Waals surface area contributed by atoms with Crippen LogP contribution in [0.25, 0.3) is 0 Å². The van der Waals surface area contributed by atoms with E-state index in [1.54, 1.807) is 18.7 Å². The van der Waals surface area contributed by atoms with Crippen LogP contribution in [-0.2, 0) is 16.1 Å². The third-order valence-corrected chi connectivity index (χ3v) is 5.42. The number of aryl methyl sites for hydroxylation is 1. The van der Waals surface area contributed by atoms with Gasteiger partial charge in [-0.25, -0.2) is 4.79 Å². The minimum Gasteiger partial charge on any atom is -0.493 e. The van der Waals surface area contributed by atoms with E-state index in [0.29, 0.717) is 35.3 Å². The van der Waals surface area contributed by atoms with Gasteiger partial charge >= 0.3 is 5.97 Å². The molecule has 1 aliphatic rings. The molecule has 1 atom stereocenters. The van der Waals surface area contributed by atoms with Gasteiger partial charge in [0.1, 0.15) is 12.6 Å². The fraction of sp³-hybridized carbons (Fsp3) is 0.333. The summed E-state index contributed by atoms with van der Waals surface area (Å²) < 4.78 is 18.7. The van der Waals surface area contributed by atoms with E-state index in [0.717, 1.165) is 16.7 Å². The van der Waals surface area contributed by atoms with Crippen molar-refractivity contribution in [1.29, 1.82) is 0 Å². The number of anilines is 1. The molecule has 0 aliphatic carbocycles. The van der Waals surface area contributed by atoms with Crippen molar-refractivity contribution < 1.29 is 19.0 Å². The van der Waals surface area contributed by atoms with Crippen LogP contribution < -0.4 is 14.8 Å². The van der Waals surface area contributed by atoms with Crippen molar-refractivity contribution in [2.24, 2.45) is 0 Å². The van der Waals surface area contributed by atoms with E-state index in [1.807, 2.05) is 63.2 Å². The van der Waals surface area contributed by atoms with E-state index >= 15 is 0 Å². The Balaban J connectivity index is 1.69. The van der Waals surface area contributed by atoms with Crippen LogP contribution in [0.1, 0.15) is 43.5 Å². The second-order valence-corrected chi connectivity index (χ2v) is 8.09. The van der Waals surface area contributed by atoms with Crippen LogP contribution >= 0.6 is 0 Å². The first kappa shape index (κ1) is 22.3. The standard InChI is InChI=1S/C24H27N5O4/c1-14(2)33-23(30)21-16(4)25-24-26-27-28-29(24)22(21)17-10-11-19(20(12-17)31-5)32-13-18-9-7-6-8-15(18)3/h6-12,14,22H,13H2,1-5H3,(H,25,26,28). The topological polar surface area (TPSA) is 100 Å². The number of esters is 1. The Hall–Kier alpha value is -3.88. The summed E-state index contributed by atoms with van der Waals surface area (Å²) >= 11 is 0. The number of aromatic nitrogens is 4. The van der Waals surface area contributed by atoms with Crippen LogP contribution in [0, 0.1) is 6.92 Å². The predicted molar refractivity (Wildman–Crippen MR) is 122 cm³/mol. The second kappa shape index (κ2) is 9.32. The molecule has 1 unspecified atom stereocenters. The summed E-state index contributed by atoms with van der Waals surface area (Å²) in [5.41, 5.74) is 4.08. The number of benzene rings is 2. The zero-order chi connectivity index (χ0) is 23.5. The zero-order valence-electron chi connectivity index (χ0n) is 19.3. The summed E-state index contributed by atoms with van der Waals surface area (Å²) in [6.45, 7) is 7.89. The number of carbonyl (C=O) groups is 1. The van der Waals surface area contributed by atoms with E-state index < -0.39 is 12.0 Å². The van der Waals surface area contributed by atoms with Crippen LogP contribution in [0.4, 0.5) is 5.95 Å². The number of fused-ring (bicyclic) bond motifs is 1. The Kier molecular flexibility index (Phi) is 6.30. The molecule has 2 heterocycles. The number of allylic oxidation sites excluding steroid dienone is 1. The Labute approximate surface area is 192 Å². The first-order valence-electron chi connectivity index (χ1n) is 10.7. The summed E-state index contributed by atoms with van der Waals surface area (Å²) in [6, 6.07) is 13.0. The van der Waals surface area contributed by atoms with Crippen molar-refractivity contribution in [3.63, 3.8) is 0 Å². The fourth-order valence-corrected chi connectivity index (χ4v) is 3.76. The maximum Gasteiger partial charge on any atom is 0.338 e. The number of hydrogen-bond acceptors (Lipinski definition) is 8. The third-order valence-electron chi connectivity index (χ3n) is 5.42. The van der Waals surface area contributed by atoms with Crippen LogP contribution in [0.5, 0.6) is 11.5 Å². The number of carbonyl (C=O) groups excluding carboxylic acids is 1. The molecule has 9 nitrogen and oxygen atoms in total. The Morgan fingerprint density at radius 1 is 1.15 bits per heavy atom. The molecule has 4 rings (SSSR count). The van der Waals surface area contributed by atoms with Crippen LogP contribution in [0.2, 0.25) is 0 Å². The van der Waals surface area contributed by atoms with E-state index in [9.17, 15) is 4.79 Å². The molecule has 2 aromatic carbocycles. The van der Waals surface area contributed by atoms with Crippen molar-refractivity contribution in [3.8, 4) is 11.5 Å². The van der Waals surface area contributed by atoms with Gasteiger partial charge in [-0.05, 0) is 66.9 Å². The predicted octanol–water partition coefficient (Wildman–Crippen LogP) is 3.81. The van der Waals surface area contributed by atoms with Crippen LogP contribution in [0.15, 0.2) is 53.7 Å². The second-order valence-electron chi connectivity index (χ2n) is 8.09. The number of rotatable bonds is 7. The largest absolute Gasteiger partial charge is 0.493 e. The van der Waals surface area contributed by atoms with Gasteiger partial charge in [0.05, 0.1) is 18.8 Å². The molecule has 33 heavy (non-hydrogen) atoms. The molecule has 0 fully saturated rings. The Morgan fingerprint density at radius 2 is 1.94 bits per heavy atom. The van der Waals surface area contributed by atoms with Gasteiger partial charge < -0.3 is 19.5 Å². The molecule has 9 heteroatoms. The molecule has 1 aliphatic heterocycles. The minimum absolute atomic E-state index is 0.263. The molecule has 0 radical (unpaired) electrons. The van der Waals surface area contributed by atoms with Crippen molar-refractivity contribution in [2.45, 2.75) is 46.4 Å². The lowest BCUT2D eigenvalue weighted by molar-refractivity contribution is -0.143. The van der Waals surface area contributed by atoms with Gasteiger partial charge in [-0.3, -0.25) is 0 Å². The Bertz CT molecular complexity index is 1200. The number of methoxy groups -OCH3 is 1. The van der Waals surface area contributed by atoms with Gasteiger partial charge in [0, 0.05) is 5.70 Å². The summed E-state index contributed by atoms with van der Waals surface area (Å²) in [5.74, 6) is 1.16. The maximum atomic E-state index is 13.0. The minimum atomic E-state index is -0.582. The quantitative estimate of drug-likeness (QED) is 0.544. The summed E-state index contributed by atoms with van der Waals surface area (Å²) in [7, 11) is 1.58. The maximum absolute atomic E-state index is 13.0. The van der Waals surface area contributed by atoms with Crippen molar-refractivity contribution >= 4 is 11.9 Å². The molecule has 0 bridgehead atoms. The normalized spacial score (nSPS) is 15.2. The average Bonchev–Trinajstić information content (AvgIpc) is 3.25. The van der Waals surface area contributed by atoms with E-state index in [2.05, 4.69) is 20.8 Å². The van der Waals surface area contributed by atoms with Crippen molar-refractivity contribution in [2.75, 3.05) is 12.4 Å². The molecule has 0 saturated heterocycles. The van der Waals surface area contributed by atoms with E-state index in [-0.39, 0.29) is 6.10 Å². The van der Waals surface area contributed by atoms with Gasteiger partial charge in [-0.1, -0.05) is 35.4 Å². The van der Waals surface area contributed by atoms with E-state index in [4.69, 9.17) is 14.2 Å². The first-order chi connectivity index (χ1) is 15.9. The number of nitrogens with zero attached hydrogens (tertiary/aromatic N) is 4. The van der Waals surface area contributed by atoms with Crippen molar-refractivity contribution in [1.82, 2.24) is 20.2 Å². The molecular weight excluding hydrogens is 422 g/mol. The lowest BCUT2D eigenvalue weighted by Gasteiger charge is -2.28. The smallest absolute Gasteiger partial charge is 0.338 e. The average molecular weight is 450 g/mol. The number of ether oxygens (including phenoxy) is 3. The van der Waals surface area contributed by atoms with Gasteiger partial charge in [0.15, 0.2) is 11.5 Å². The lowest BCUT2D eigenvalue weighted by Crippen LogP contribution is -2.30. The van der Waals surface area contributed by atoms with Crippen LogP contribution in [-0.4, -0.2) is 39.4 Å². The molecular formula is C24H27N5O4. The highest BCUT2D eigenvalue weighted by molar-refractivity contribution is 5.92. The molecule has 0 saturated carbocycles. The Morgan fingerprint density at radius 3 is 2.67 bits per heavy atom. The lowest BCUT2D eigenvalue weighted by atomic mass is 9.95. The van der Waals surface area contributed by atoms with Gasteiger partial charge in [-0.15, -0.1) is 0 Å². The molecule has 0 amide bonds. The van der Waals surface area contributed by atoms with Gasteiger partial charge in [0.2, 0.25) is 5.95 Å². The van der Waals surface area contributed by atoms with E-state index in [1.165, 1.54) is 0 Å². The summed E-state index contributed by atoms with van der Waals surface area (Å²) in [4.78, 5) is 13.0. The molecule has 172 valence electrons. The SMILES string of the molecule is COc1cc(C2C(C(=O)OC(C)C)=C(C)Nc3nnnn32)ccc1OCc1ccccc1C. The van der Waals surface area contributed by atoms with Crippen LogP contribution in [0.3, 0.4) is 0 Å². The molecule has 3 aromatic rings. The number of hydrogen-bond donors (Lipinski definition) is 1. The number of nitrogens with one attached hydrogen (secondary N) is 1.